The third-order valence-electron chi connectivity index (χ3n) is 5.44. The first-order valence-corrected chi connectivity index (χ1v) is 10.5. The minimum absolute atomic E-state index is 0.0217. The first-order chi connectivity index (χ1) is 13.8. The Morgan fingerprint density at radius 3 is 2.34 bits per heavy atom. The minimum atomic E-state index is -1.20. The van der Waals surface area contributed by atoms with Crippen molar-refractivity contribution in [3.63, 3.8) is 0 Å². The molecule has 2 rings (SSSR count). The summed E-state index contributed by atoms with van der Waals surface area (Å²) in [6.07, 6.45) is 4.92. The second kappa shape index (κ2) is 11.0. The van der Waals surface area contributed by atoms with E-state index in [9.17, 15) is 24.3 Å². The molecule has 1 aliphatic heterocycles. The highest BCUT2D eigenvalue weighted by atomic mass is 16.6. The molecule has 1 saturated carbocycles. The minimum Gasteiger partial charge on any atom is -0.480 e. The van der Waals surface area contributed by atoms with E-state index in [1.165, 1.54) is 0 Å². The lowest BCUT2D eigenvalue weighted by atomic mass is 9.97. The number of hydrogen-bond acceptors (Lipinski definition) is 5. The fraction of sp³-hybridized carbons (Fsp3) is 0.800. The number of nitrogens with one attached hydrogen (secondary N) is 3. The fourth-order valence-electron chi connectivity index (χ4n) is 3.86. The number of aliphatic carboxylic acids is 1. The summed E-state index contributed by atoms with van der Waals surface area (Å²) in [6.45, 7) is 4.33. The third-order valence-corrected chi connectivity index (χ3v) is 5.44. The number of alkyl carbamates (subject to hydrolysis) is 1. The molecule has 3 atom stereocenters. The molecular formula is C20H33N3O6. The molecule has 0 aromatic heterocycles. The van der Waals surface area contributed by atoms with Gasteiger partial charge in [0.15, 0.2) is 0 Å². The molecule has 0 spiro atoms. The lowest BCUT2D eigenvalue weighted by Gasteiger charge is -2.26. The van der Waals surface area contributed by atoms with Crippen LogP contribution < -0.4 is 16.0 Å². The van der Waals surface area contributed by atoms with Crippen LogP contribution in [-0.2, 0) is 19.1 Å². The summed E-state index contributed by atoms with van der Waals surface area (Å²) < 4.78 is 5.43. The summed E-state index contributed by atoms with van der Waals surface area (Å²) in [5.74, 6) is -2.32. The van der Waals surface area contributed by atoms with Crippen molar-refractivity contribution in [2.45, 2.75) is 83.4 Å². The van der Waals surface area contributed by atoms with Gasteiger partial charge in [-0.2, -0.15) is 0 Å². The summed E-state index contributed by atoms with van der Waals surface area (Å²) in [6, 6.07) is -2.09. The number of rotatable bonds is 9. The predicted molar refractivity (Wildman–Crippen MR) is 105 cm³/mol. The number of carbonyl (C=O) groups is 4. The molecule has 1 aliphatic carbocycles. The van der Waals surface area contributed by atoms with Crippen LogP contribution in [0.1, 0.15) is 65.2 Å². The molecule has 1 saturated heterocycles. The van der Waals surface area contributed by atoms with Crippen LogP contribution in [-0.4, -0.2) is 53.7 Å². The Balaban J connectivity index is 1.95. The Hall–Kier alpha value is -2.32. The van der Waals surface area contributed by atoms with E-state index in [4.69, 9.17) is 4.74 Å². The summed E-state index contributed by atoms with van der Waals surface area (Å²) in [5.41, 5.74) is 0. The van der Waals surface area contributed by atoms with Gasteiger partial charge < -0.3 is 25.8 Å². The van der Waals surface area contributed by atoms with Gasteiger partial charge in [-0.3, -0.25) is 9.59 Å². The van der Waals surface area contributed by atoms with E-state index < -0.39 is 36.0 Å². The Labute approximate surface area is 171 Å². The molecule has 9 nitrogen and oxygen atoms in total. The van der Waals surface area contributed by atoms with E-state index in [0.29, 0.717) is 19.4 Å². The zero-order valence-corrected chi connectivity index (χ0v) is 17.2. The van der Waals surface area contributed by atoms with Gasteiger partial charge in [0, 0.05) is 12.5 Å². The van der Waals surface area contributed by atoms with E-state index in [1.807, 2.05) is 13.8 Å². The van der Waals surface area contributed by atoms with Gasteiger partial charge in [-0.05, 0) is 50.9 Å². The molecule has 3 amide bonds. The standard InChI is InChI=1S/C20H33N3O6/c1-12(2)10-15(23-20(28)29-14-6-4-3-5-7-14)18(25)22-16(19(26)27)11-13-8-9-21-17(13)24/h12-16H,3-11H2,1-2H3,(H,21,24)(H,22,25)(H,23,28)(H,26,27)/t13-,15?,16?/m0/s1. The van der Waals surface area contributed by atoms with Gasteiger partial charge in [-0.1, -0.05) is 20.3 Å². The highest BCUT2D eigenvalue weighted by Gasteiger charge is 2.33. The molecule has 2 fully saturated rings. The van der Waals surface area contributed by atoms with Crippen molar-refractivity contribution in [1.82, 2.24) is 16.0 Å². The van der Waals surface area contributed by atoms with Crippen molar-refractivity contribution in [2.75, 3.05) is 6.54 Å². The zero-order valence-electron chi connectivity index (χ0n) is 17.2. The average molecular weight is 411 g/mol. The number of hydrogen-bond donors (Lipinski definition) is 4. The van der Waals surface area contributed by atoms with Gasteiger partial charge in [0.05, 0.1) is 0 Å². The summed E-state index contributed by atoms with van der Waals surface area (Å²) in [4.78, 5) is 48.3. The largest absolute Gasteiger partial charge is 0.480 e. The molecule has 0 radical (unpaired) electrons. The predicted octanol–water partition coefficient (Wildman–Crippen LogP) is 1.56. The van der Waals surface area contributed by atoms with Crippen LogP contribution in [0.2, 0.25) is 0 Å². The van der Waals surface area contributed by atoms with Crippen molar-refractivity contribution in [3.8, 4) is 0 Å². The molecule has 29 heavy (non-hydrogen) atoms. The molecule has 164 valence electrons. The molecule has 4 N–H and O–H groups in total. The van der Waals surface area contributed by atoms with Crippen molar-refractivity contribution >= 4 is 23.9 Å². The number of carboxylic acids is 1. The molecule has 2 unspecified atom stereocenters. The first kappa shape index (κ1) is 23.0. The van der Waals surface area contributed by atoms with E-state index in [0.717, 1.165) is 32.1 Å². The van der Waals surface area contributed by atoms with Gasteiger partial charge in [0.2, 0.25) is 11.8 Å². The normalized spacial score (nSPS) is 21.9. The van der Waals surface area contributed by atoms with E-state index >= 15 is 0 Å². The van der Waals surface area contributed by atoms with Crippen molar-refractivity contribution in [2.24, 2.45) is 11.8 Å². The van der Waals surface area contributed by atoms with Crippen molar-refractivity contribution < 1.29 is 29.0 Å². The van der Waals surface area contributed by atoms with Crippen molar-refractivity contribution in [3.05, 3.63) is 0 Å². The van der Waals surface area contributed by atoms with Gasteiger partial charge >= 0.3 is 12.1 Å². The maximum absolute atomic E-state index is 12.7. The Morgan fingerprint density at radius 2 is 1.79 bits per heavy atom. The van der Waals surface area contributed by atoms with E-state index in [-0.39, 0.29) is 24.3 Å². The van der Waals surface area contributed by atoms with E-state index in [2.05, 4.69) is 16.0 Å². The Kier molecular flexibility index (Phi) is 8.72. The van der Waals surface area contributed by atoms with Crippen LogP contribution in [0.3, 0.4) is 0 Å². The SMILES string of the molecule is CC(C)CC(NC(=O)OC1CCCCC1)C(=O)NC(C[C@@H]1CCNC1=O)C(=O)O. The zero-order chi connectivity index (χ0) is 21.4. The second-order valence-corrected chi connectivity index (χ2v) is 8.40. The van der Waals surface area contributed by atoms with Crippen LogP contribution >= 0.6 is 0 Å². The topological polar surface area (TPSA) is 134 Å². The van der Waals surface area contributed by atoms with Crippen LogP contribution in [0, 0.1) is 11.8 Å². The highest BCUT2D eigenvalue weighted by molar-refractivity contribution is 5.90. The second-order valence-electron chi connectivity index (χ2n) is 8.40. The van der Waals surface area contributed by atoms with Crippen LogP contribution in [0.15, 0.2) is 0 Å². The molecular weight excluding hydrogens is 378 g/mol. The van der Waals surface area contributed by atoms with E-state index in [1.54, 1.807) is 0 Å². The molecule has 2 aliphatic rings. The molecule has 9 heteroatoms. The number of amides is 3. The van der Waals surface area contributed by atoms with Gasteiger partial charge in [-0.15, -0.1) is 0 Å². The van der Waals surface area contributed by atoms with Gasteiger partial charge in [0.1, 0.15) is 18.2 Å². The van der Waals surface area contributed by atoms with Crippen LogP contribution in [0.4, 0.5) is 4.79 Å². The molecule has 0 aromatic carbocycles. The number of ether oxygens (including phenoxy) is 1. The number of carboxylic acid groups (broad SMARTS) is 1. The smallest absolute Gasteiger partial charge is 0.408 e. The molecule has 1 heterocycles. The molecule has 0 aromatic rings. The summed E-state index contributed by atoms with van der Waals surface area (Å²) in [7, 11) is 0. The first-order valence-electron chi connectivity index (χ1n) is 10.5. The maximum Gasteiger partial charge on any atom is 0.408 e. The average Bonchev–Trinajstić information content (AvgIpc) is 3.05. The number of carbonyl (C=O) groups excluding carboxylic acids is 3. The Bertz CT molecular complexity index is 603. The highest BCUT2D eigenvalue weighted by Crippen LogP contribution is 2.20. The lowest BCUT2D eigenvalue weighted by molar-refractivity contribution is -0.143. The maximum atomic E-state index is 12.7. The Morgan fingerprint density at radius 1 is 1.10 bits per heavy atom. The fourth-order valence-corrected chi connectivity index (χ4v) is 3.86. The summed E-state index contributed by atoms with van der Waals surface area (Å²) in [5, 5.41) is 17.2. The van der Waals surface area contributed by atoms with Crippen LogP contribution in [0.25, 0.3) is 0 Å². The quantitative estimate of drug-likeness (QED) is 0.455. The monoisotopic (exact) mass is 411 g/mol. The van der Waals surface area contributed by atoms with Crippen LogP contribution in [0.5, 0.6) is 0 Å². The lowest BCUT2D eigenvalue weighted by Crippen LogP contribution is -2.53. The van der Waals surface area contributed by atoms with Gasteiger partial charge in [-0.25, -0.2) is 9.59 Å². The third kappa shape index (κ3) is 7.55. The summed E-state index contributed by atoms with van der Waals surface area (Å²) >= 11 is 0. The van der Waals surface area contributed by atoms with Gasteiger partial charge in [0.25, 0.3) is 0 Å². The molecule has 0 bridgehead atoms. The van der Waals surface area contributed by atoms with Crippen molar-refractivity contribution in [1.29, 1.82) is 0 Å².